The van der Waals surface area contributed by atoms with Crippen LogP contribution in [0.25, 0.3) is 0 Å². The molecule has 234 valence electrons. The Labute approximate surface area is 258 Å². The molecule has 2 aromatic rings. The molecule has 1 fully saturated rings. The minimum atomic E-state index is -4.59. The SMILES string of the molecule is CCN(CC)C(=O)Nc1ccc(S(=O)(=O)N2C(=O)C(CC3CCCCC3)(N(C)C(=O)OC)c3cc(Cl)ccc32)c(OC)c1. The van der Waals surface area contributed by atoms with Crippen LogP contribution in [-0.4, -0.2) is 70.6 Å². The lowest BCUT2D eigenvalue weighted by atomic mass is 9.76. The Bertz CT molecular complexity index is 1490. The van der Waals surface area contributed by atoms with Gasteiger partial charge in [0.05, 0.1) is 19.9 Å². The Kier molecular flexibility index (Phi) is 9.80. The van der Waals surface area contributed by atoms with E-state index >= 15 is 0 Å². The zero-order valence-corrected chi connectivity index (χ0v) is 26.8. The van der Waals surface area contributed by atoms with Crippen molar-refractivity contribution in [2.24, 2.45) is 5.92 Å². The van der Waals surface area contributed by atoms with Gasteiger partial charge in [0, 0.05) is 42.5 Å². The molecule has 1 heterocycles. The Hall–Kier alpha value is -3.51. The summed E-state index contributed by atoms with van der Waals surface area (Å²) in [5.41, 5.74) is -0.936. The molecule has 4 amide bonds. The summed E-state index contributed by atoms with van der Waals surface area (Å²) in [5, 5.41) is 3.04. The second-order valence-electron chi connectivity index (χ2n) is 10.8. The summed E-state index contributed by atoms with van der Waals surface area (Å²) in [6.07, 6.45) is 4.18. The van der Waals surface area contributed by atoms with E-state index in [2.05, 4.69) is 5.32 Å². The maximum Gasteiger partial charge on any atom is 0.410 e. The van der Waals surface area contributed by atoms with Gasteiger partial charge in [0.25, 0.3) is 15.9 Å². The number of halogens is 1. The maximum atomic E-state index is 14.7. The van der Waals surface area contributed by atoms with Crippen molar-refractivity contribution in [3.63, 3.8) is 0 Å². The highest BCUT2D eigenvalue weighted by Crippen LogP contribution is 2.52. The van der Waals surface area contributed by atoms with E-state index in [-0.39, 0.29) is 34.7 Å². The van der Waals surface area contributed by atoms with Crippen molar-refractivity contribution in [2.45, 2.75) is 62.8 Å². The average molecular weight is 635 g/mol. The van der Waals surface area contributed by atoms with E-state index in [1.165, 1.54) is 56.5 Å². The molecule has 1 aliphatic heterocycles. The molecule has 0 aromatic heterocycles. The van der Waals surface area contributed by atoms with Gasteiger partial charge in [0.2, 0.25) is 0 Å². The van der Waals surface area contributed by atoms with Crippen molar-refractivity contribution < 1.29 is 32.3 Å². The second kappa shape index (κ2) is 13.0. The van der Waals surface area contributed by atoms with Gasteiger partial charge in [-0.05, 0) is 56.5 Å². The molecule has 1 atom stereocenters. The van der Waals surface area contributed by atoms with Crippen LogP contribution in [0.2, 0.25) is 5.02 Å². The van der Waals surface area contributed by atoms with Crippen LogP contribution < -0.4 is 14.4 Å². The van der Waals surface area contributed by atoms with Gasteiger partial charge in [0.15, 0.2) is 5.54 Å². The molecule has 13 heteroatoms. The summed E-state index contributed by atoms with van der Waals surface area (Å²) < 4.78 is 40.0. The molecular weight excluding hydrogens is 596 g/mol. The van der Waals surface area contributed by atoms with E-state index in [1.54, 1.807) is 11.0 Å². The third-order valence-electron chi connectivity index (χ3n) is 8.47. The van der Waals surface area contributed by atoms with Crippen molar-refractivity contribution in [3.05, 3.63) is 47.0 Å². The normalized spacial score (nSPS) is 18.7. The third-order valence-corrected chi connectivity index (χ3v) is 10.4. The Morgan fingerprint density at radius 3 is 2.35 bits per heavy atom. The van der Waals surface area contributed by atoms with E-state index in [1.807, 2.05) is 13.8 Å². The number of hydrogen-bond acceptors (Lipinski definition) is 7. The number of anilines is 2. The summed E-state index contributed by atoms with van der Waals surface area (Å²) in [6, 6.07) is 8.32. The molecule has 43 heavy (non-hydrogen) atoms. The van der Waals surface area contributed by atoms with Gasteiger partial charge in [-0.1, -0.05) is 43.7 Å². The molecule has 2 aliphatic rings. The van der Waals surface area contributed by atoms with Gasteiger partial charge in [-0.3, -0.25) is 9.69 Å². The average Bonchev–Trinajstić information content (AvgIpc) is 3.25. The van der Waals surface area contributed by atoms with Crippen LogP contribution in [0.15, 0.2) is 41.3 Å². The summed E-state index contributed by atoms with van der Waals surface area (Å²) >= 11 is 6.42. The van der Waals surface area contributed by atoms with E-state index in [9.17, 15) is 22.8 Å². The van der Waals surface area contributed by atoms with Gasteiger partial charge in [-0.25, -0.2) is 18.0 Å². The van der Waals surface area contributed by atoms with Crippen LogP contribution in [0.5, 0.6) is 5.75 Å². The van der Waals surface area contributed by atoms with E-state index < -0.39 is 27.6 Å². The molecule has 1 aliphatic carbocycles. The Balaban J connectivity index is 1.84. The third kappa shape index (κ3) is 5.86. The predicted molar refractivity (Wildman–Crippen MR) is 164 cm³/mol. The zero-order chi connectivity index (χ0) is 31.5. The molecule has 0 saturated heterocycles. The number of carbonyl (C=O) groups excluding carboxylic acids is 3. The smallest absolute Gasteiger partial charge is 0.410 e. The number of benzene rings is 2. The first-order valence-electron chi connectivity index (χ1n) is 14.4. The largest absolute Gasteiger partial charge is 0.495 e. The van der Waals surface area contributed by atoms with Crippen LogP contribution in [0.3, 0.4) is 0 Å². The first-order valence-corrected chi connectivity index (χ1v) is 16.2. The number of nitrogens with zero attached hydrogens (tertiary/aromatic N) is 3. The summed E-state index contributed by atoms with van der Waals surface area (Å²) in [7, 11) is -0.625. The van der Waals surface area contributed by atoms with Gasteiger partial charge in [-0.2, -0.15) is 4.31 Å². The summed E-state index contributed by atoms with van der Waals surface area (Å²) in [5.74, 6) is -0.793. The van der Waals surface area contributed by atoms with E-state index in [4.69, 9.17) is 21.1 Å². The first kappa shape index (κ1) is 32.4. The number of carbonyl (C=O) groups is 3. The van der Waals surface area contributed by atoms with Gasteiger partial charge in [-0.15, -0.1) is 0 Å². The number of ether oxygens (including phenoxy) is 2. The van der Waals surface area contributed by atoms with Crippen molar-refractivity contribution in [2.75, 3.05) is 44.0 Å². The maximum absolute atomic E-state index is 14.7. The molecule has 4 rings (SSSR count). The standard InChI is InChI=1S/C30H39ClN4O7S/c1-6-34(7-2)28(37)32-22-14-16-26(25(18-22)41-4)43(39,40)35-24-15-13-21(31)17-23(24)30(27(35)36,33(3)29(38)42-5)19-20-11-9-8-10-12-20/h13-18,20H,6-12,19H2,1-5H3,(H,32,37). The number of fused-ring (bicyclic) bond motifs is 1. The van der Waals surface area contributed by atoms with Crippen molar-refractivity contribution in [1.82, 2.24) is 9.80 Å². The van der Waals surface area contributed by atoms with E-state index in [0.717, 1.165) is 36.4 Å². The van der Waals surface area contributed by atoms with Crippen LogP contribution >= 0.6 is 11.6 Å². The molecule has 0 radical (unpaired) electrons. The van der Waals surface area contributed by atoms with Crippen LogP contribution in [-0.2, 0) is 25.1 Å². The molecule has 1 N–H and O–H groups in total. The topological polar surface area (TPSA) is 126 Å². The summed E-state index contributed by atoms with van der Waals surface area (Å²) in [4.78, 5) is 42.8. The minimum absolute atomic E-state index is 0.0632. The number of urea groups is 1. The fourth-order valence-electron chi connectivity index (χ4n) is 6.18. The quantitative estimate of drug-likeness (QED) is 0.368. The van der Waals surface area contributed by atoms with Crippen LogP contribution in [0.4, 0.5) is 21.0 Å². The number of likely N-dealkylation sites (N-methyl/N-ethyl adjacent to an activating group) is 1. The van der Waals surface area contributed by atoms with Gasteiger partial charge < -0.3 is 19.7 Å². The minimum Gasteiger partial charge on any atom is -0.495 e. The van der Waals surface area contributed by atoms with Crippen molar-refractivity contribution in [1.29, 1.82) is 0 Å². The van der Waals surface area contributed by atoms with E-state index in [0.29, 0.717) is 29.4 Å². The fourth-order valence-corrected chi connectivity index (χ4v) is 7.97. The number of hydrogen-bond donors (Lipinski definition) is 1. The lowest BCUT2D eigenvalue weighted by molar-refractivity contribution is -0.128. The molecule has 1 unspecified atom stereocenters. The lowest BCUT2D eigenvalue weighted by Gasteiger charge is -2.40. The second-order valence-corrected chi connectivity index (χ2v) is 13.0. The van der Waals surface area contributed by atoms with Gasteiger partial charge >= 0.3 is 12.1 Å². The molecule has 2 aromatic carbocycles. The lowest BCUT2D eigenvalue weighted by Crippen LogP contribution is -2.55. The van der Waals surface area contributed by atoms with Crippen LogP contribution in [0, 0.1) is 5.92 Å². The highest BCUT2D eigenvalue weighted by molar-refractivity contribution is 7.93. The molecule has 11 nitrogen and oxygen atoms in total. The number of sulfonamides is 1. The fraction of sp³-hybridized carbons (Fsp3) is 0.500. The van der Waals surface area contributed by atoms with Crippen molar-refractivity contribution >= 4 is 51.0 Å². The molecular formula is C30H39ClN4O7S. The highest BCUT2D eigenvalue weighted by Gasteiger charge is 2.59. The zero-order valence-electron chi connectivity index (χ0n) is 25.2. The van der Waals surface area contributed by atoms with Crippen LogP contribution in [0.1, 0.15) is 57.9 Å². The molecule has 1 saturated carbocycles. The number of nitrogens with one attached hydrogen (secondary N) is 1. The predicted octanol–water partition coefficient (Wildman–Crippen LogP) is 5.82. The van der Waals surface area contributed by atoms with Gasteiger partial charge in [0.1, 0.15) is 10.6 Å². The summed E-state index contributed by atoms with van der Waals surface area (Å²) in [6.45, 7) is 4.69. The number of rotatable bonds is 9. The highest BCUT2D eigenvalue weighted by atomic mass is 35.5. The number of methoxy groups -OCH3 is 2. The first-order chi connectivity index (χ1) is 20.5. The Morgan fingerprint density at radius 1 is 1.07 bits per heavy atom. The molecule has 0 spiro atoms. The molecule has 0 bridgehead atoms. The van der Waals surface area contributed by atoms with Crippen molar-refractivity contribution in [3.8, 4) is 5.75 Å². The monoisotopic (exact) mass is 634 g/mol. The Morgan fingerprint density at radius 2 is 1.74 bits per heavy atom. The number of amides is 4.